The van der Waals surface area contributed by atoms with Crippen LogP contribution in [0.5, 0.6) is 0 Å². The average Bonchev–Trinajstić information content (AvgIpc) is 2.91. The molecular weight excluding hydrogens is 466 g/mol. The minimum absolute atomic E-state index is 0.00913. The number of ether oxygens (including phenoxy) is 1. The summed E-state index contributed by atoms with van der Waals surface area (Å²) in [7, 11) is 1.34. The van der Waals surface area contributed by atoms with Gasteiger partial charge in [0.15, 0.2) is 6.61 Å². The van der Waals surface area contributed by atoms with Crippen molar-refractivity contribution in [1.29, 1.82) is 0 Å². The van der Waals surface area contributed by atoms with Crippen molar-refractivity contribution in [3.63, 3.8) is 0 Å². The van der Waals surface area contributed by atoms with Crippen LogP contribution in [0.3, 0.4) is 0 Å². The number of esters is 1. The van der Waals surface area contributed by atoms with E-state index < -0.39 is 30.3 Å². The van der Waals surface area contributed by atoms with E-state index in [9.17, 15) is 19.2 Å². The molecule has 0 saturated carbocycles. The van der Waals surface area contributed by atoms with Crippen LogP contribution in [0.1, 0.15) is 31.1 Å². The lowest BCUT2D eigenvalue weighted by molar-refractivity contribution is -0.119. The minimum atomic E-state index is -0.862. The second-order valence-corrected chi connectivity index (χ2v) is 7.47. The minimum Gasteiger partial charge on any atom is -0.452 e. The second-order valence-electron chi connectivity index (χ2n) is 5.90. The number of nitrogens with one attached hydrogen (secondary N) is 1. The first-order valence-electron chi connectivity index (χ1n) is 7.88. The summed E-state index contributed by atoms with van der Waals surface area (Å²) < 4.78 is 4.94. The Morgan fingerprint density at radius 1 is 0.966 bits per heavy atom. The smallest absolute Gasteiger partial charge is 0.338 e. The number of benzene rings is 2. The summed E-state index contributed by atoms with van der Waals surface area (Å²) in [6.45, 7) is -0.667. The largest absolute Gasteiger partial charge is 0.452 e. The number of carbonyl (C=O) groups excluding carboxylic acids is 4. The molecule has 0 spiro atoms. The van der Waals surface area contributed by atoms with Gasteiger partial charge in [-0.1, -0.05) is 46.4 Å². The molecule has 150 valence electrons. The quantitative estimate of drug-likeness (QED) is 0.403. The van der Waals surface area contributed by atoms with Gasteiger partial charge in [-0.25, -0.2) is 4.79 Å². The topological polar surface area (TPSA) is 92.8 Å². The third-order valence-electron chi connectivity index (χ3n) is 4.04. The van der Waals surface area contributed by atoms with Crippen LogP contribution in [-0.4, -0.2) is 42.2 Å². The maximum Gasteiger partial charge on any atom is 0.338 e. The van der Waals surface area contributed by atoms with Crippen molar-refractivity contribution < 1.29 is 23.9 Å². The summed E-state index contributed by atoms with van der Waals surface area (Å²) >= 11 is 23.8. The zero-order valence-corrected chi connectivity index (χ0v) is 17.5. The Labute approximate surface area is 184 Å². The summed E-state index contributed by atoms with van der Waals surface area (Å²) in [5.41, 5.74) is 0.267. The van der Waals surface area contributed by atoms with Crippen LogP contribution >= 0.6 is 46.4 Å². The molecule has 1 aliphatic rings. The van der Waals surface area contributed by atoms with Crippen molar-refractivity contribution in [3.8, 4) is 0 Å². The fourth-order valence-corrected chi connectivity index (χ4v) is 3.47. The zero-order valence-electron chi connectivity index (χ0n) is 14.5. The average molecular weight is 476 g/mol. The van der Waals surface area contributed by atoms with Crippen LogP contribution in [-0.2, 0) is 9.53 Å². The van der Waals surface area contributed by atoms with E-state index in [0.29, 0.717) is 0 Å². The Bertz CT molecular complexity index is 1060. The third kappa shape index (κ3) is 4.04. The second kappa shape index (κ2) is 8.20. The number of carbonyl (C=O) groups is 4. The Morgan fingerprint density at radius 3 is 2.17 bits per heavy atom. The first-order chi connectivity index (χ1) is 13.6. The Balaban J connectivity index is 1.69. The molecular formula is C18H10Cl4N2O5. The van der Waals surface area contributed by atoms with Crippen LogP contribution in [0.25, 0.3) is 0 Å². The van der Waals surface area contributed by atoms with Crippen molar-refractivity contribution in [2.75, 3.05) is 19.0 Å². The molecule has 11 heteroatoms. The van der Waals surface area contributed by atoms with Gasteiger partial charge in [0.05, 0.1) is 42.5 Å². The molecule has 0 radical (unpaired) electrons. The maximum absolute atomic E-state index is 12.2. The Kier molecular flexibility index (Phi) is 6.05. The van der Waals surface area contributed by atoms with E-state index in [0.717, 1.165) is 4.90 Å². The molecule has 2 aromatic rings. The van der Waals surface area contributed by atoms with Crippen molar-refractivity contribution in [2.45, 2.75) is 0 Å². The molecule has 7 nitrogen and oxygen atoms in total. The standard InChI is InChI=1S/C18H10Cl4N2O5/c1-24-16(26)8-3-2-7(4-9(8)17(24)27)18(28)29-6-12(25)23-15-13(21)10(19)5-11(20)14(15)22/h2-5H,6H2,1H3,(H,23,25). The van der Waals surface area contributed by atoms with E-state index >= 15 is 0 Å². The van der Waals surface area contributed by atoms with Gasteiger partial charge in [0, 0.05) is 7.05 Å². The summed E-state index contributed by atoms with van der Waals surface area (Å²) in [4.78, 5) is 49.1. The highest BCUT2D eigenvalue weighted by atomic mass is 35.5. The predicted octanol–water partition coefficient (Wildman–Crippen LogP) is 4.32. The van der Waals surface area contributed by atoms with Gasteiger partial charge in [-0.15, -0.1) is 0 Å². The van der Waals surface area contributed by atoms with E-state index in [2.05, 4.69) is 5.32 Å². The summed E-state index contributed by atoms with van der Waals surface area (Å²) in [6, 6.07) is 5.24. The molecule has 0 unspecified atom stereocenters. The monoisotopic (exact) mass is 474 g/mol. The van der Waals surface area contributed by atoms with Crippen LogP contribution in [0, 0.1) is 0 Å². The predicted molar refractivity (Wildman–Crippen MR) is 108 cm³/mol. The molecule has 1 heterocycles. The number of halogens is 4. The molecule has 0 fully saturated rings. The lowest BCUT2D eigenvalue weighted by Gasteiger charge is -2.12. The van der Waals surface area contributed by atoms with Gasteiger partial charge in [0.2, 0.25) is 0 Å². The van der Waals surface area contributed by atoms with Gasteiger partial charge in [0.25, 0.3) is 17.7 Å². The highest BCUT2D eigenvalue weighted by molar-refractivity contribution is 6.50. The van der Waals surface area contributed by atoms with E-state index in [1.54, 1.807) is 0 Å². The van der Waals surface area contributed by atoms with Gasteiger partial charge < -0.3 is 10.1 Å². The van der Waals surface area contributed by atoms with Gasteiger partial charge in [0.1, 0.15) is 0 Å². The summed E-state index contributed by atoms with van der Waals surface area (Å²) in [5.74, 6) is -2.59. The maximum atomic E-state index is 12.2. The van der Waals surface area contributed by atoms with Gasteiger partial charge in [-0.05, 0) is 24.3 Å². The number of imide groups is 1. The lowest BCUT2D eigenvalue weighted by Crippen LogP contribution is -2.24. The van der Waals surface area contributed by atoms with Crippen LogP contribution < -0.4 is 5.32 Å². The van der Waals surface area contributed by atoms with Crippen LogP contribution in [0.2, 0.25) is 20.1 Å². The molecule has 0 saturated heterocycles. The number of rotatable bonds is 4. The van der Waals surface area contributed by atoms with Gasteiger partial charge in [-0.2, -0.15) is 0 Å². The van der Waals surface area contributed by atoms with Gasteiger partial charge >= 0.3 is 5.97 Å². The fourth-order valence-electron chi connectivity index (χ4n) is 2.56. The molecule has 0 aromatic heterocycles. The summed E-state index contributed by atoms with van der Waals surface area (Å²) in [5, 5.41) is 2.49. The Morgan fingerprint density at radius 2 is 1.55 bits per heavy atom. The van der Waals surface area contributed by atoms with E-state index in [4.69, 9.17) is 51.1 Å². The number of amides is 3. The zero-order chi connectivity index (χ0) is 21.5. The van der Waals surface area contributed by atoms with Crippen LogP contribution in [0.15, 0.2) is 24.3 Å². The molecule has 1 N–H and O–H groups in total. The molecule has 0 bridgehead atoms. The number of anilines is 1. The molecule has 2 aromatic carbocycles. The van der Waals surface area contributed by atoms with Crippen LogP contribution in [0.4, 0.5) is 5.69 Å². The lowest BCUT2D eigenvalue weighted by atomic mass is 10.1. The highest BCUT2D eigenvalue weighted by Gasteiger charge is 2.33. The number of nitrogens with zero attached hydrogens (tertiary/aromatic N) is 1. The molecule has 3 rings (SSSR count). The molecule has 0 aliphatic carbocycles. The summed E-state index contributed by atoms with van der Waals surface area (Å²) in [6.07, 6.45) is 0. The number of hydrogen-bond acceptors (Lipinski definition) is 5. The normalized spacial score (nSPS) is 12.8. The third-order valence-corrected chi connectivity index (χ3v) is 5.61. The molecule has 0 atom stereocenters. The van der Waals surface area contributed by atoms with Crippen molar-refractivity contribution in [1.82, 2.24) is 4.90 Å². The van der Waals surface area contributed by atoms with Gasteiger partial charge in [-0.3, -0.25) is 19.3 Å². The SMILES string of the molecule is CN1C(=O)c2ccc(C(=O)OCC(=O)Nc3c(Cl)c(Cl)cc(Cl)c3Cl)cc2C1=O. The first kappa shape index (κ1) is 21.4. The van der Waals surface area contributed by atoms with E-state index in [1.165, 1.54) is 31.3 Å². The highest BCUT2D eigenvalue weighted by Crippen LogP contribution is 2.40. The van der Waals surface area contributed by atoms with E-state index in [1.807, 2.05) is 0 Å². The number of hydrogen-bond donors (Lipinski definition) is 1. The molecule has 1 aliphatic heterocycles. The van der Waals surface area contributed by atoms with Crippen molar-refractivity contribution in [3.05, 3.63) is 61.0 Å². The van der Waals surface area contributed by atoms with Crippen molar-refractivity contribution >= 4 is 75.8 Å². The fraction of sp³-hybridized carbons (Fsp3) is 0.111. The molecule has 29 heavy (non-hydrogen) atoms. The van der Waals surface area contributed by atoms with Crippen molar-refractivity contribution in [2.24, 2.45) is 0 Å². The first-order valence-corrected chi connectivity index (χ1v) is 9.39. The van der Waals surface area contributed by atoms with E-state index in [-0.39, 0.29) is 42.5 Å². The molecule has 3 amide bonds. The Hall–Kier alpha value is -2.32. The number of fused-ring (bicyclic) bond motifs is 1.